The van der Waals surface area contributed by atoms with Crippen LogP contribution in [0.15, 0.2) is 16.8 Å². The fourth-order valence-electron chi connectivity index (χ4n) is 2.10. The first-order chi connectivity index (χ1) is 12.4. The number of nitrogens with one attached hydrogen (secondary N) is 2. The lowest BCUT2D eigenvalue weighted by Gasteiger charge is -2.03. The summed E-state index contributed by atoms with van der Waals surface area (Å²) < 4.78 is 0. The minimum atomic E-state index is -0.475. The lowest BCUT2D eigenvalue weighted by molar-refractivity contribution is -0.117. The van der Waals surface area contributed by atoms with Crippen molar-refractivity contribution in [3.63, 3.8) is 0 Å². The average Bonchev–Trinajstić information content (AvgIpc) is 3.15. The van der Waals surface area contributed by atoms with Gasteiger partial charge in [-0.05, 0) is 19.9 Å². The number of rotatable bonds is 6. The van der Waals surface area contributed by atoms with Crippen molar-refractivity contribution in [2.45, 2.75) is 20.3 Å². The zero-order valence-electron chi connectivity index (χ0n) is 13.9. The molecular weight excluding hydrogens is 374 g/mol. The monoisotopic (exact) mass is 389 g/mol. The Morgan fingerprint density at radius 3 is 2.42 bits per heavy atom. The Kier molecular flexibility index (Phi) is 5.19. The van der Waals surface area contributed by atoms with E-state index in [-0.39, 0.29) is 12.1 Å². The number of aryl methyl sites for hydroxylation is 2. The van der Waals surface area contributed by atoms with Gasteiger partial charge in [0.15, 0.2) is 10.3 Å². The van der Waals surface area contributed by atoms with Crippen LogP contribution in [0.3, 0.4) is 0 Å². The van der Waals surface area contributed by atoms with Gasteiger partial charge in [-0.15, -0.1) is 22.7 Å². The van der Waals surface area contributed by atoms with Crippen molar-refractivity contribution in [3.8, 4) is 0 Å². The van der Waals surface area contributed by atoms with Crippen molar-refractivity contribution in [3.05, 3.63) is 39.6 Å². The van der Waals surface area contributed by atoms with Gasteiger partial charge in [-0.2, -0.15) is 0 Å². The largest absolute Gasteiger partial charge is 0.369 e. The number of amides is 2. The van der Waals surface area contributed by atoms with Gasteiger partial charge in [0.1, 0.15) is 5.69 Å². The molecule has 0 saturated carbocycles. The Labute approximate surface area is 156 Å². The smallest absolute Gasteiger partial charge is 0.276 e. The molecule has 3 aromatic heterocycles. The van der Waals surface area contributed by atoms with Crippen LogP contribution in [-0.2, 0) is 11.2 Å². The summed E-state index contributed by atoms with van der Waals surface area (Å²) in [7, 11) is 0. The highest BCUT2D eigenvalue weighted by Gasteiger charge is 2.14. The van der Waals surface area contributed by atoms with Gasteiger partial charge in [-0.3, -0.25) is 14.9 Å². The molecule has 4 N–H and O–H groups in total. The highest BCUT2D eigenvalue weighted by atomic mass is 32.1. The number of carbonyl (C=O) groups excluding carboxylic acids is 2. The average molecular weight is 389 g/mol. The van der Waals surface area contributed by atoms with E-state index < -0.39 is 11.8 Å². The van der Waals surface area contributed by atoms with Gasteiger partial charge in [0.2, 0.25) is 11.9 Å². The van der Waals surface area contributed by atoms with Crippen LogP contribution in [-0.4, -0.2) is 31.8 Å². The number of carbonyl (C=O) groups is 2. The van der Waals surface area contributed by atoms with Gasteiger partial charge < -0.3 is 11.1 Å². The molecule has 3 rings (SSSR count). The summed E-state index contributed by atoms with van der Waals surface area (Å²) in [5.74, 6) is -0.438. The summed E-state index contributed by atoms with van der Waals surface area (Å²) >= 11 is 2.48. The predicted octanol–water partition coefficient (Wildman–Crippen LogP) is 2.03. The number of hydrogen-bond donors (Lipinski definition) is 3. The van der Waals surface area contributed by atoms with Gasteiger partial charge in [-0.25, -0.2) is 19.9 Å². The van der Waals surface area contributed by atoms with Crippen molar-refractivity contribution in [1.82, 2.24) is 19.9 Å². The number of hydrogen-bond acceptors (Lipinski definition) is 9. The van der Waals surface area contributed by atoms with Crippen molar-refractivity contribution in [2.75, 3.05) is 10.6 Å². The second kappa shape index (κ2) is 7.54. The molecule has 0 aliphatic heterocycles. The Hall–Kier alpha value is -2.92. The first-order valence-electron chi connectivity index (χ1n) is 7.48. The third-order valence-electron chi connectivity index (χ3n) is 3.07. The summed E-state index contributed by atoms with van der Waals surface area (Å²) in [4.78, 5) is 40.1. The molecule has 3 heterocycles. The molecule has 0 aliphatic carbocycles. The van der Waals surface area contributed by atoms with Gasteiger partial charge in [-0.1, -0.05) is 0 Å². The van der Waals surface area contributed by atoms with Crippen molar-refractivity contribution in [2.24, 2.45) is 5.73 Å². The SMILES string of the molecule is Cc1cc(C)nc(Nc2nc(C(=O)Nc3nc(CC(N)=O)cs3)cs2)n1. The van der Waals surface area contributed by atoms with E-state index >= 15 is 0 Å². The molecule has 0 aromatic carbocycles. The fraction of sp³-hybridized carbons (Fsp3) is 0.200. The maximum atomic E-state index is 12.3. The van der Waals surface area contributed by atoms with Crippen LogP contribution >= 0.6 is 22.7 Å². The molecule has 0 radical (unpaired) electrons. The highest BCUT2D eigenvalue weighted by molar-refractivity contribution is 7.14. The van der Waals surface area contributed by atoms with E-state index in [1.54, 1.807) is 10.8 Å². The lowest BCUT2D eigenvalue weighted by Crippen LogP contribution is -2.14. The third-order valence-corrected chi connectivity index (χ3v) is 4.63. The Balaban J connectivity index is 1.66. The van der Waals surface area contributed by atoms with E-state index in [4.69, 9.17) is 5.73 Å². The standard InChI is InChI=1S/C15H15N7O2S2/c1-7-3-8(2)18-13(17-7)22-15-20-10(6-26-15)12(24)21-14-19-9(5-25-14)4-11(16)23/h3,5-6H,4H2,1-2H3,(H2,16,23)(H,19,21,24)(H,17,18,20,22). The van der Waals surface area contributed by atoms with Gasteiger partial charge in [0.05, 0.1) is 12.1 Å². The van der Waals surface area contributed by atoms with E-state index in [1.165, 1.54) is 22.7 Å². The normalized spacial score (nSPS) is 10.5. The van der Waals surface area contributed by atoms with E-state index in [0.29, 0.717) is 21.9 Å². The van der Waals surface area contributed by atoms with Crippen LogP contribution < -0.4 is 16.4 Å². The lowest BCUT2D eigenvalue weighted by atomic mass is 10.3. The molecule has 0 spiro atoms. The molecule has 0 aliphatic rings. The molecule has 3 aromatic rings. The van der Waals surface area contributed by atoms with E-state index in [1.807, 2.05) is 19.9 Å². The van der Waals surface area contributed by atoms with Crippen LogP contribution in [0.1, 0.15) is 27.6 Å². The Morgan fingerprint density at radius 2 is 1.73 bits per heavy atom. The zero-order valence-corrected chi connectivity index (χ0v) is 15.6. The second-order valence-electron chi connectivity index (χ2n) is 5.38. The van der Waals surface area contributed by atoms with Crippen LogP contribution in [0, 0.1) is 13.8 Å². The Morgan fingerprint density at radius 1 is 1.04 bits per heavy atom. The summed E-state index contributed by atoms with van der Waals surface area (Å²) in [6.07, 6.45) is 0.0348. The molecule has 11 heteroatoms. The maximum Gasteiger partial charge on any atom is 0.276 e. The zero-order chi connectivity index (χ0) is 18.7. The minimum absolute atomic E-state index is 0.0348. The van der Waals surface area contributed by atoms with Gasteiger partial charge >= 0.3 is 0 Å². The molecule has 134 valence electrons. The van der Waals surface area contributed by atoms with Crippen LogP contribution in [0.2, 0.25) is 0 Å². The number of nitrogens with two attached hydrogens (primary N) is 1. The van der Waals surface area contributed by atoms with Crippen molar-refractivity contribution >= 4 is 50.7 Å². The minimum Gasteiger partial charge on any atom is -0.369 e. The van der Waals surface area contributed by atoms with Crippen molar-refractivity contribution in [1.29, 1.82) is 0 Å². The summed E-state index contributed by atoms with van der Waals surface area (Å²) in [5.41, 5.74) is 7.56. The first kappa shape index (κ1) is 17.9. The number of thiazole rings is 2. The topological polar surface area (TPSA) is 136 Å². The second-order valence-corrected chi connectivity index (χ2v) is 7.09. The summed E-state index contributed by atoms with van der Waals surface area (Å²) in [5, 5.41) is 9.82. The van der Waals surface area contributed by atoms with E-state index in [0.717, 1.165) is 11.4 Å². The fourth-order valence-corrected chi connectivity index (χ4v) is 3.49. The summed E-state index contributed by atoms with van der Waals surface area (Å²) in [6, 6.07) is 1.87. The number of anilines is 3. The molecule has 26 heavy (non-hydrogen) atoms. The van der Waals surface area contributed by atoms with Gasteiger partial charge in [0.25, 0.3) is 5.91 Å². The molecule has 0 fully saturated rings. The van der Waals surface area contributed by atoms with Crippen molar-refractivity contribution < 1.29 is 9.59 Å². The quantitative estimate of drug-likeness (QED) is 0.587. The number of primary amides is 1. The molecule has 2 amide bonds. The number of nitrogens with zero attached hydrogens (tertiary/aromatic N) is 4. The molecule has 0 atom stereocenters. The molecule has 9 nitrogen and oxygen atoms in total. The van der Waals surface area contributed by atoms with Crippen LogP contribution in [0.4, 0.5) is 16.2 Å². The third kappa shape index (κ3) is 4.58. The summed E-state index contributed by atoms with van der Waals surface area (Å²) in [6.45, 7) is 3.75. The highest BCUT2D eigenvalue weighted by Crippen LogP contribution is 2.21. The first-order valence-corrected chi connectivity index (χ1v) is 9.24. The van der Waals surface area contributed by atoms with Crippen LogP contribution in [0.5, 0.6) is 0 Å². The Bertz CT molecular complexity index is 946. The van der Waals surface area contributed by atoms with E-state index in [9.17, 15) is 9.59 Å². The molecule has 0 saturated heterocycles. The molecular formula is C15H15N7O2S2. The number of aromatic nitrogens is 4. The molecule has 0 bridgehead atoms. The van der Waals surface area contributed by atoms with Crippen LogP contribution in [0.25, 0.3) is 0 Å². The molecule has 0 unspecified atom stereocenters. The van der Waals surface area contributed by atoms with E-state index in [2.05, 4.69) is 30.6 Å². The predicted molar refractivity (Wildman–Crippen MR) is 99.9 cm³/mol. The maximum absolute atomic E-state index is 12.3. The van der Waals surface area contributed by atoms with Gasteiger partial charge in [0, 0.05) is 22.1 Å².